The highest BCUT2D eigenvalue weighted by molar-refractivity contribution is 5.85. The molecule has 1 atom stereocenters. The minimum atomic E-state index is -1.03. The third-order valence-electron chi connectivity index (χ3n) is 5.48. The van der Waals surface area contributed by atoms with E-state index in [0.29, 0.717) is 31.9 Å². The number of carboxylic acid groups (broad SMARTS) is 1. The van der Waals surface area contributed by atoms with Crippen molar-refractivity contribution in [2.75, 3.05) is 36.6 Å². The SMILES string of the molecule is COCC1CCCN1c1cc(N2CCc3cc(C(=O)O)ncc3C2)cc(F)n1. The summed E-state index contributed by atoms with van der Waals surface area (Å²) in [5, 5.41) is 9.11. The van der Waals surface area contributed by atoms with Gasteiger partial charge >= 0.3 is 5.97 Å². The van der Waals surface area contributed by atoms with Crippen LogP contribution < -0.4 is 9.80 Å². The minimum absolute atomic E-state index is 0.0580. The van der Waals surface area contributed by atoms with Crippen LogP contribution >= 0.6 is 0 Å². The maximum atomic E-state index is 14.3. The zero-order valence-electron chi connectivity index (χ0n) is 15.8. The van der Waals surface area contributed by atoms with Crippen molar-refractivity contribution in [1.82, 2.24) is 9.97 Å². The number of hydrogen-bond acceptors (Lipinski definition) is 6. The number of ether oxygens (including phenoxy) is 1. The standard InChI is InChI=1S/C20H23FN4O3/c1-28-12-15-3-2-5-25(15)19-9-16(8-18(21)23-19)24-6-4-13-7-17(20(26)27)22-10-14(13)11-24/h7-10,15H,2-6,11-12H2,1H3,(H,26,27). The Kier molecular flexibility index (Phi) is 5.13. The highest BCUT2D eigenvalue weighted by Gasteiger charge is 2.27. The summed E-state index contributed by atoms with van der Waals surface area (Å²) in [4.78, 5) is 23.4. The Hall–Kier alpha value is -2.74. The maximum Gasteiger partial charge on any atom is 0.354 e. The van der Waals surface area contributed by atoms with E-state index in [4.69, 9.17) is 9.84 Å². The van der Waals surface area contributed by atoms with Gasteiger partial charge in [-0.1, -0.05) is 0 Å². The number of carboxylic acids is 1. The smallest absolute Gasteiger partial charge is 0.354 e. The van der Waals surface area contributed by atoms with E-state index in [9.17, 15) is 9.18 Å². The molecule has 1 unspecified atom stereocenters. The second-order valence-electron chi connectivity index (χ2n) is 7.27. The maximum absolute atomic E-state index is 14.3. The summed E-state index contributed by atoms with van der Waals surface area (Å²) < 4.78 is 19.6. The molecule has 1 saturated heterocycles. The zero-order valence-corrected chi connectivity index (χ0v) is 15.8. The predicted octanol–water partition coefficient (Wildman–Crippen LogP) is 2.49. The van der Waals surface area contributed by atoms with Crippen molar-refractivity contribution in [3.8, 4) is 0 Å². The van der Waals surface area contributed by atoms with Gasteiger partial charge < -0.3 is 19.6 Å². The molecule has 7 nitrogen and oxygen atoms in total. The molecule has 2 aromatic heterocycles. The van der Waals surface area contributed by atoms with E-state index >= 15 is 0 Å². The lowest BCUT2D eigenvalue weighted by atomic mass is 10.0. The van der Waals surface area contributed by atoms with Gasteiger partial charge in [-0.2, -0.15) is 4.39 Å². The second kappa shape index (κ2) is 7.71. The van der Waals surface area contributed by atoms with Crippen LogP contribution in [0.5, 0.6) is 0 Å². The Morgan fingerprint density at radius 3 is 2.96 bits per heavy atom. The van der Waals surface area contributed by atoms with Crippen LogP contribution in [0.1, 0.15) is 34.5 Å². The van der Waals surface area contributed by atoms with Crippen LogP contribution in [0.3, 0.4) is 0 Å². The number of carbonyl (C=O) groups is 1. The van der Waals surface area contributed by atoms with E-state index in [1.807, 2.05) is 6.07 Å². The van der Waals surface area contributed by atoms with E-state index in [2.05, 4.69) is 19.8 Å². The first-order chi connectivity index (χ1) is 13.5. The molecule has 8 heteroatoms. The van der Waals surface area contributed by atoms with Crippen LogP contribution in [0.2, 0.25) is 0 Å². The van der Waals surface area contributed by atoms with Crippen LogP contribution in [0.25, 0.3) is 0 Å². The van der Waals surface area contributed by atoms with Gasteiger partial charge in [0.15, 0.2) is 0 Å². The van der Waals surface area contributed by atoms with Gasteiger partial charge in [-0.05, 0) is 36.5 Å². The fraction of sp³-hybridized carbons (Fsp3) is 0.450. The van der Waals surface area contributed by atoms with Crippen LogP contribution in [-0.2, 0) is 17.7 Å². The van der Waals surface area contributed by atoms with Gasteiger partial charge in [-0.25, -0.2) is 14.8 Å². The first-order valence-corrected chi connectivity index (χ1v) is 9.44. The van der Waals surface area contributed by atoms with E-state index in [-0.39, 0.29) is 11.7 Å². The fourth-order valence-corrected chi connectivity index (χ4v) is 4.08. The Labute approximate surface area is 162 Å². The van der Waals surface area contributed by atoms with Crippen molar-refractivity contribution in [3.63, 3.8) is 0 Å². The molecule has 4 heterocycles. The largest absolute Gasteiger partial charge is 0.477 e. The molecule has 0 aromatic carbocycles. The number of methoxy groups -OCH3 is 1. The van der Waals surface area contributed by atoms with Crippen LogP contribution in [0.15, 0.2) is 24.4 Å². The van der Waals surface area contributed by atoms with E-state index in [0.717, 1.165) is 36.2 Å². The summed E-state index contributed by atoms with van der Waals surface area (Å²) in [6, 6.07) is 5.23. The van der Waals surface area contributed by atoms with Gasteiger partial charge in [0.25, 0.3) is 0 Å². The lowest BCUT2D eigenvalue weighted by Crippen LogP contribution is -2.34. The summed E-state index contributed by atoms with van der Waals surface area (Å²) >= 11 is 0. The Bertz CT molecular complexity index is 892. The minimum Gasteiger partial charge on any atom is -0.477 e. The molecule has 148 valence electrons. The molecule has 0 radical (unpaired) electrons. The summed E-state index contributed by atoms with van der Waals surface area (Å²) in [6.07, 6.45) is 4.35. The lowest BCUT2D eigenvalue weighted by molar-refractivity contribution is 0.0690. The molecule has 1 fully saturated rings. The summed E-state index contributed by atoms with van der Waals surface area (Å²) in [5.41, 5.74) is 2.78. The third-order valence-corrected chi connectivity index (χ3v) is 5.48. The van der Waals surface area contributed by atoms with Gasteiger partial charge in [0.1, 0.15) is 11.5 Å². The Morgan fingerprint density at radius 1 is 1.32 bits per heavy atom. The fourth-order valence-electron chi connectivity index (χ4n) is 4.08. The molecule has 4 rings (SSSR count). The molecule has 2 aliphatic rings. The number of aromatic nitrogens is 2. The zero-order chi connectivity index (χ0) is 19.7. The molecule has 0 aliphatic carbocycles. The lowest BCUT2D eigenvalue weighted by Gasteiger charge is -2.32. The van der Waals surface area contributed by atoms with Gasteiger partial charge in [0.05, 0.1) is 12.6 Å². The number of anilines is 2. The molecule has 0 bridgehead atoms. The number of aromatic carboxylic acids is 1. The number of halogens is 1. The normalized spacial score (nSPS) is 19.0. The van der Waals surface area contributed by atoms with Gasteiger partial charge in [0, 0.05) is 50.8 Å². The summed E-state index contributed by atoms with van der Waals surface area (Å²) in [5.74, 6) is -0.886. The molecule has 0 saturated carbocycles. The number of rotatable bonds is 5. The van der Waals surface area contributed by atoms with Crippen LogP contribution in [-0.4, -0.2) is 53.9 Å². The second-order valence-corrected chi connectivity index (χ2v) is 7.27. The summed E-state index contributed by atoms with van der Waals surface area (Å²) in [6.45, 7) is 2.68. The average molecular weight is 386 g/mol. The first-order valence-electron chi connectivity index (χ1n) is 9.44. The summed E-state index contributed by atoms with van der Waals surface area (Å²) in [7, 11) is 1.68. The molecule has 2 aromatic rings. The number of nitrogens with zero attached hydrogens (tertiary/aromatic N) is 4. The molecule has 0 spiro atoms. The Morgan fingerprint density at radius 2 is 2.18 bits per heavy atom. The molecule has 1 N–H and O–H groups in total. The van der Waals surface area contributed by atoms with Crippen molar-refractivity contribution in [1.29, 1.82) is 0 Å². The first kappa shape index (κ1) is 18.6. The quantitative estimate of drug-likeness (QED) is 0.791. The van der Waals surface area contributed by atoms with Gasteiger partial charge in [0.2, 0.25) is 5.95 Å². The van der Waals surface area contributed by atoms with Crippen molar-refractivity contribution < 1.29 is 19.0 Å². The van der Waals surface area contributed by atoms with Crippen molar-refractivity contribution >= 4 is 17.5 Å². The van der Waals surface area contributed by atoms with E-state index in [1.54, 1.807) is 19.4 Å². The van der Waals surface area contributed by atoms with Crippen molar-refractivity contribution in [2.45, 2.75) is 31.8 Å². The predicted molar refractivity (Wildman–Crippen MR) is 102 cm³/mol. The molecular weight excluding hydrogens is 363 g/mol. The van der Waals surface area contributed by atoms with Gasteiger partial charge in [-0.15, -0.1) is 0 Å². The number of pyridine rings is 2. The molecule has 2 aliphatic heterocycles. The van der Waals surface area contributed by atoms with Crippen molar-refractivity contribution in [2.24, 2.45) is 0 Å². The highest BCUT2D eigenvalue weighted by atomic mass is 19.1. The monoisotopic (exact) mass is 386 g/mol. The number of hydrogen-bond donors (Lipinski definition) is 1. The van der Waals surface area contributed by atoms with E-state index in [1.165, 1.54) is 6.07 Å². The average Bonchev–Trinajstić information content (AvgIpc) is 3.15. The van der Waals surface area contributed by atoms with Crippen LogP contribution in [0.4, 0.5) is 15.9 Å². The van der Waals surface area contributed by atoms with Crippen LogP contribution in [0, 0.1) is 5.95 Å². The molecular formula is C20H23FN4O3. The molecule has 0 amide bonds. The molecule has 28 heavy (non-hydrogen) atoms. The highest BCUT2D eigenvalue weighted by Crippen LogP contribution is 2.30. The topological polar surface area (TPSA) is 78.8 Å². The van der Waals surface area contributed by atoms with E-state index < -0.39 is 11.9 Å². The third kappa shape index (κ3) is 3.64. The van der Waals surface area contributed by atoms with Crippen molar-refractivity contribution in [3.05, 3.63) is 47.2 Å². The number of fused-ring (bicyclic) bond motifs is 1. The van der Waals surface area contributed by atoms with Gasteiger partial charge in [-0.3, -0.25) is 0 Å². The Balaban J connectivity index is 1.58.